The van der Waals surface area contributed by atoms with E-state index in [9.17, 15) is 9.59 Å². The van der Waals surface area contributed by atoms with Crippen LogP contribution in [-0.4, -0.2) is 39.7 Å². The Morgan fingerprint density at radius 1 is 1.23 bits per heavy atom. The quantitative estimate of drug-likeness (QED) is 0.833. The zero-order chi connectivity index (χ0) is 19.6. The van der Waals surface area contributed by atoms with E-state index in [1.54, 1.807) is 31.3 Å². The first-order valence-electron chi connectivity index (χ1n) is 8.26. The molecule has 0 saturated heterocycles. The Bertz CT molecular complexity index is 806. The fourth-order valence-electron chi connectivity index (χ4n) is 2.29. The summed E-state index contributed by atoms with van der Waals surface area (Å²) in [4.78, 5) is 30.5. The number of rotatable bonds is 4. The summed E-state index contributed by atoms with van der Waals surface area (Å²) in [6, 6.07) is 6.38. The summed E-state index contributed by atoms with van der Waals surface area (Å²) in [5.41, 5.74) is 1.33. The Hall–Kier alpha value is -2.41. The summed E-state index contributed by atoms with van der Waals surface area (Å²) < 4.78 is 5.41. The highest BCUT2D eigenvalue weighted by atomic mass is 32.1. The van der Waals surface area contributed by atoms with Gasteiger partial charge in [0.05, 0.1) is 17.3 Å². The molecule has 0 spiro atoms. The number of carbonyl (C=O) groups is 2. The fraction of sp³-hybridized carbons (Fsp3) is 0.421. The highest BCUT2D eigenvalue weighted by Gasteiger charge is 2.26. The van der Waals surface area contributed by atoms with Gasteiger partial charge in [-0.15, -0.1) is 11.3 Å². The van der Waals surface area contributed by atoms with E-state index in [2.05, 4.69) is 4.98 Å². The van der Waals surface area contributed by atoms with Gasteiger partial charge in [-0.05, 0) is 46.8 Å². The van der Waals surface area contributed by atoms with Crippen LogP contribution in [0, 0.1) is 6.92 Å². The summed E-state index contributed by atoms with van der Waals surface area (Å²) >= 11 is 1.51. The summed E-state index contributed by atoms with van der Waals surface area (Å²) in [6.07, 6.45) is -0.398. The molecule has 0 aliphatic rings. The van der Waals surface area contributed by atoms with E-state index in [1.807, 2.05) is 34.6 Å². The lowest BCUT2D eigenvalue weighted by Gasteiger charge is -2.27. The van der Waals surface area contributed by atoms with Crippen LogP contribution in [0.5, 0.6) is 0 Å². The molecule has 0 radical (unpaired) electrons. The number of benzene rings is 1. The number of aromatic nitrogens is 1. The van der Waals surface area contributed by atoms with Crippen molar-refractivity contribution in [2.24, 2.45) is 0 Å². The van der Waals surface area contributed by atoms with E-state index in [4.69, 9.17) is 9.84 Å². The summed E-state index contributed by atoms with van der Waals surface area (Å²) in [6.45, 7) is 9.35. The second-order valence-corrected chi connectivity index (χ2v) is 8.34. The first kappa shape index (κ1) is 19.9. The molecule has 1 atom stereocenters. The van der Waals surface area contributed by atoms with Gasteiger partial charge in [-0.1, -0.05) is 12.1 Å². The third-order valence-electron chi connectivity index (χ3n) is 3.84. The monoisotopic (exact) mass is 376 g/mol. The number of hydrogen-bond acceptors (Lipinski definition) is 5. The predicted molar refractivity (Wildman–Crippen MR) is 102 cm³/mol. The first-order chi connectivity index (χ1) is 12.0. The van der Waals surface area contributed by atoms with Crippen LogP contribution in [0.15, 0.2) is 24.3 Å². The minimum atomic E-state index is -0.958. The highest BCUT2D eigenvalue weighted by molar-refractivity contribution is 7.12. The first-order valence-corrected chi connectivity index (χ1v) is 9.08. The molecule has 0 aliphatic carbocycles. The molecule has 1 aromatic heterocycles. The maximum atomic E-state index is 12.3. The molecule has 1 heterocycles. The summed E-state index contributed by atoms with van der Waals surface area (Å²) in [5.74, 6) is -0.958. The number of aryl methyl sites for hydroxylation is 1. The number of hydrogen-bond donors (Lipinski definition) is 1. The van der Waals surface area contributed by atoms with Crippen molar-refractivity contribution < 1.29 is 19.4 Å². The molecule has 0 bridgehead atoms. The Balaban J connectivity index is 2.23. The molecule has 7 heteroatoms. The molecular formula is C19H24N2O4S. The maximum absolute atomic E-state index is 12.3. The lowest BCUT2D eigenvalue weighted by molar-refractivity contribution is 0.0233. The van der Waals surface area contributed by atoms with Gasteiger partial charge in [0.25, 0.3) is 0 Å². The second-order valence-electron chi connectivity index (χ2n) is 7.11. The molecule has 140 valence electrons. The third-order valence-corrected chi connectivity index (χ3v) is 4.98. The molecule has 2 aromatic rings. The van der Waals surface area contributed by atoms with Gasteiger partial charge >= 0.3 is 12.1 Å². The number of thiazole rings is 1. The fourth-order valence-corrected chi connectivity index (χ4v) is 3.33. The molecule has 1 amide bonds. The van der Waals surface area contributed by atoms with Crippen LogP contribution in [0.3, 0.4) is 0 Å². The van der Waals surface area contributed by atoms with Gasteiger partial charge < -0.3 is 14.7 Å². The minimum Gasteiger partial charge on any atom is -0.478 e. The van der Waals surface area contributed by atoms with Gasteiger partial charge in [-0.25, -0.2) is 14.6 Å². The van der Waals surface area contributed by atoms with Gasteiger partial charge in [0.15, 0.2) is 0 Å². The van der Waals surface area contributed by atoms with E-state index in [0.29, 0.717) is 0 Å². The Morgan fingerprint density at radius 2 is 1.81 bits per heavy atom. The topological polar surface area (TPSA) is 79.7 Å². The lowest BCUT2D eigenvalue weighted by Crippen LogP contribution is -2.35. The standard InChI is InChI=1S/C19H24N2O4S/c1-11(21(6)18(24)25-19(3,4)5)16-20-15(12(2)26-16)13-7-9-14(10-8-13)17(22)23/h7-11H,1-6H3,(H,22,23). The largest absolute Gasteiger partial charge is 0.478 e. The van der Waals surface area contributed by atoms with Crippen molar-refractivity contribution in [1.82, 2.24) is 9.88 Å². The van der Waals surface area contributed by atoms with Crippen molar-refractivity contribution in [1.29, 1.82) is 0 Å². The number of ether oxygens (including phenoxy) is 1. The predicted octanol–water partition coefficient (Wildman–Crippen LogP) is 4.74. The van der Waals surface area contributed by atoms with E-state index in [-0.39, 0.29) is 11.6 Å². The highest BCUT2D eigenvalue weighted by Crippen LogP contribution is 2.32. The number of nitrogens with zero attached hydrogens (tertiary/aromatic N) is 2. The molecular weight excluding hydrogens is 352 g/mol. The van der Waals surface area contributed by atoms with Crippen molar-refractivity contribution in [2.75, 3.05) is 7.05 Å². The van der Waals surface area contributed by atoms with E-state index in [0.717, 1.165) is 21.1 Å². The molecule has 2 rings (SSSR count). The zero-order valence-electron chi connectivity index (χ0n) is 15.9. The average molecular weight is 376 g/mol. The number of carbonyl (C=O) groups excluding carboxylic acids is 1. The van der Waals surface area contributed by atoms with Crippen LogP contribution in [0.25, 0.3) is 11.3 Å². The zero-order valence-corrected chi connectivity index (χ0v) is 16.7. The molecule has 1 N–H and O–H groups in total. The van der Waals surface area contributed by atoms with Crippen LogP contribution in [-0.2, 0) is 4.74 Å². The van der Waals surface area contributed by atoms with Gasteiger partial charge in [-0.3, -0.25) is 0 Å². The Kier molecular flexibility index (Phi) is 5.71. The molecule has 6 nitrogen and oxygen atoms in total. The SMILES string of the molecule is Cc1sc(C(C)N(C)C(=O)OC(C)(C)C)nc1-c1ccc(C(=O)O)cc1. The van der Waals surface area contributed by atoms with Crippen LogP contribution >= 0.6 is 11.3 Å². The smallest absolute Gasteiger partial charge is 0.410 e. The lowest BCUT2D eigenvalue weighted by atomic mass is 10.1. The molecule has 0 fully saturated rings. The third kappa shape index (κ3) is 4.60. The molecule has 1 aromatic carbocycles. The van der Waals surface area contributed by atoms with Crippen molar-refractivity contribution >= 4 is 23.4 Å². The molecule has 0 saturated carbocycles. The van der Waals surface area contributed by atoms with Crippen molar-refractivity contribution in [3.8, 4) is 11.3 Å². The normalized spacial score (nSPS) is 12.5. The van der Waals surface area contributed by atoms with Crippen molar-refractivity contribution in [3.05, 3.63) is 39.7 Å². The van der Waals surface area contributed by atoms with Crippen LogP contribution < -0.4 is 0 Å². The van der Waals surface area contributed by atoms with Gasteiger partial charge in [-0.2, -0.15) is 0 Å². The van der Waals surface area contributed by atoms with Crippen LogP contribution in [0.1, 0.15) is 54.0 Å². The van der Waals surface area contributed by atoms with Gasteiger partial charge in [0, 0.05) is 17.5 Å². The maximum Gasteiger partial charge on any atom is 0.410 e. The van der Waals surface area contributed by atoms with E-state index in [1.165, 1.54) is 16.2 Å². The van der Waals surface area contributed by atoms with E-state index >= 15 is 0 Å². The van der Waals surface area contributed by atoms with Crippen LogP contribution in [0.4, 0.5) is 4.79 Å². The van der Waals surface area contributed by atoms with Crippen LogP contribution in [0.2, 0.25) is 0 Å². The van der Waals surface area contributed by atoms with E-state index < -0.39 is 17.7 Å². The Morgan fingerprint density at radius 3 is 2.31 bits per heavy atom. The molecule has 1 unspecified atom stereocenters. The number of carboxylic acids is 1. The number of carboxylic acid groups (broad SMARTS) is 1. The van der Waals surface area contributed by atoms with Crippen molar-refractivity contribution in [3.63, 3.8) is 0 Å². The number of aromatic carboxylic acids is 1. The average Bonchev–Trinajstić information content (AvgIpc) is 2.93. The summed E-state index contributed by atoms with van der Waals surface area (Å²) in [7, 11) is 1.69. The van der Waals surface area contributed by atoms with Crippen molar-refractivity contribution in [2.45, 2.75) is 46.3 Å². The summed E-state index contributed by atoms with van der Waals surface area (Å²) in [5, 5.41) is 9.81. The second kappa shape index (κ2) is 7.45. The Labute approximate surface area is 157 Å². The molecule has 0 aliphatic heterocycles. The molecule has 26 heavy (non-hydrogen) atoms. The number of amides is 1. The van der Waals surface area contributed by atoms with Gasteiger partial charge in [0.1, 0.15) is 10.6 Å². The minimum absolute atomic E-state index is 0.236. The van der Waals surface area contributed by atoms with Gasteiger partial charge in [0.2, 0.25) is 0 Å².